The van der Waals surface area contributed by atoms with Gasteiger partial charge in [0.05, 0.1) is 0 Å². The molecule has 0 aliphatic heterocycles. The van der Waals surface area contributed by atoms with Crippen LogP contribution in [0.25, 0.3) is 0 Å². The highest BCUT2D eigenvalue weighted by atomic mass is 35.5. The Bertz CT molecular complexity index is 96.6. The number of rotatable bonds is 2. The average Bonchev–Trinajstić information content (AvgIpc) is 1.64. The molecule has 0 saturated carbocycles. The van der Waals surface area contributed by atoms with Crippen LogP contribution in [0.15, 0.2) is 0 Å². The molecule has 9 heavy (non-hydrogen) atoms. The second kappa shape index (κ2) is 4.55. The Balaban J connectivity index is 0. The second-order valence-corrected chi connectivity index (χ2v) is 1.71. The molecule has 0 radical (unpaired) electrons. The number of aliphatic hydroxyl groups excluding tert-OH is 1. The fourth-order valence-corrected chi connectivity index (χ4v) is 0.259. The summed E-state index contributed by atoms with van der Waals surface area (Å²) in [6, 6.07) is -0.576. The molecule has 1 amide bonds. The summed E-state index contributed by atoms with van der Waals surface area (Å²) in [7, 11) is 0. The van der Waals surface area contributed by atoms with Gasteiger partial charge < -0.3 is 16.6 Å². The molecule has 4 nitrogen and oxygen atoms in total. The summed E-state index contributed by atoms with van der Waals surface area (Å²) in [5.41, 5.74) is 9.75. The molecule has 0 spiro atoms. The summed E-state index contributed by atoms with van der Waals surface area (Å²) in [4.78, 5) is 10.0. The molecule has 0 aliphatic carbocycles. The molecule has 56 valence electrons. The highest BCUT2D eigenvalue weighted by Gasteiger charge is 2.14. The largest absolute Gasteiger partial charge is 0.382 e. The van der Waals surface area contributed by atoms with Crippen LogP contribution in [-0.4, -0.2) is 23.2 Å². The minimum atomic E-state index is -1.21. The van der Waals surface area contributed by atoms with Gasteiger partial charge in [-0.3, -0.25) is 4.79 Å². The number of aliphatic hydroxyl groups is 1. The lowest BCUT2D eigenvalue weighted by molar-refractivity contribution is -0.126. The zero-order valence-electron chi connectivity index (χ0n) is 5.07. The minimum Gasteiger partial charge on any atom is -0.382 e. The summed E-state index contributed by atoms with van der Waals surface area (Å²) >= 11 is 0. The lowest BCUT2D eigenvalue weighted by Crippen LogP contribution is -2.41. The van der Waals surface area contributed by atoms with E-state index in [9.17, 15) is 4.79 Å². The molecule has 0 aromatic carbocycles. The van der Waals surface area contributed by atoms with E-state index in [0.29, 0.717) is 0 Å². The monoisotopic (exact) mass is 154 g/mol. The van der Waals surface area contributed by atoms with Gasteiger partial charge in [0.1, 0.15) is 6.10 Å². The van der Waals surface area contributed by atoms with Crippen LogP contribution in [0.1, 0.15) is 6.92 Å². The third-order valence-electron chi connectivity index (χ3n) is 0.790. The number of primary amides is 1. The van der Waals surface area contributed by atoms with Gasteiger partial charge in [0.15, 0.2) is 0 Å². The molecule has 0 aromatic rings. The summed E-state index contributed by atoms with van der Waals surface area (Å²) in [6.45, 7) is 1.51. The van der Waals surface area contributed by atoms with Crippen molar-refractivity contribution in [3.05, 3.63) is 0 Å². The van der Waals surface area contributed by atoms with Crippen molar-refractivity contribution in [3.8, 4) is 0 Å². The Morgan fingerprint density at radius 1 is 1.67 bits per heavy atom. The van der Waals surface area contributed by atoms with Crippen LogP contribution in [0.2, 0.25) is 0 Å². The summed E-state index contributed by atoms with van der Waals surface area (Å²) < 4.78 is 0. The van der Waals surface area contributed by atoms with Gasteiger partial charge in [-0.25, -0.2) is 0 Å². The van der Waals surface area contributed by atoms with Gasteiger partial charge >= 0.3 is 0 Å². The molecule has 0 fully saturated rings. The lowest BCUT2D eigenvalue weighted by atomic mass is 10.2. The van der Waals surface area contributed by atoms with Crippen molar-refractivity contribution in [2.75, 3.05) is 0 Å². The zero-order valence-corrected chi connectivity index (χ0v) is 5.89. The molecule has 0 rings (SSSR count). The number of nitrogens with two attached hydrogens (primary N) is 2. The smallest absolute Gasteiger partial charge is 0.247 e. The fourth-order valence-electron chi connectivity index (χ4n) is 0.259. The van der Waals surface area contributed by atoms with Crippen LogP contribution in [-0.2, 0) is 4.79 Å². The summed E-state index contributed by atoms with van der Waals surface area (Å²) in [6.07, 6.45) is -1.21. The topological polar surface area (TPSA) is 89.3 Å². The van der Waals surface area contributed by atoms with Crippen LogP contribution in [0.3, 0.4) is 0 Å². The first-order valence-electron chi connectivity index (χ1n) is 2.28. The SMILES string of the molecule is CC(N)C(O)C(N)=O.Cl. The van der Waals surface area contributed by atoms with Gasteiger partial charge in [0.2, 0.25) is 5.91 Å². The molecular weight excluding hydrogens is 144 g/mol. The molecule has 0 heterocycles. The Labute approximate surface area is 59.6 Å². The number of carbonyl (C=O) groups excluding carboxylic acids is 1. The fraction of sp³-hybridized carbons (Fsp3) is 0.750. The Morgan fingerprint density at radius 3 is 2.00 bits per heavy atom. The van der Waals surface area contributed by atoms with E-state index in [2.05, 4.69) is 5.73 Å². The molecule has 0 aliphatic rings. The Kier molecular flexibility index (Phi) is 5.80. The number of carbonyl (C=O) groups is 1. The Hall–Kier alpha value is -0.320. The first-order valence-corrected chi connectivity index (χ1v) is 2.28. The predicted octanol–water partition coefficient (Wildman–Crippen LogP) is -1.40. The van der Waals surface area contributed by atoms with Crippen LogP contribution in [0, 0.1) is 0 Å². The molecule has 2 unspecified atom stereocenters. The zero-order chi connectivity index (χ0) is 6.73. The normalized spacial score (nSPS) is 15.4. The van der Waals surface area contributed by atoms with Crippen molar-refractivity contribution in [3.63, 3.8) is 0 Å². The number of hydrogen-bond donors (Lipinski definition) is 3. The molecule has 2 atom stereocenters. The highest BCUT2D eigenvalue weighted by Crippen LogP contribution is 1.84. The van der Waals surface area contributed by atoms with Crippen LogP contribution in [0.5, 0.6) is 0 Å². The maximum Gasteiger partial charge on any atom is 0.247 e. The van der Waals surface area contributed by atoms with Crippen molar-refractivity contribution in [1.82, 2.24) is 0 Å². The minimum absolute atomic E-state index is 0. The van der Waals surface area contributed by atoms with Crippen LogP contribution < -0.4 is 11.5 Å². The van der Waals surface area contributed by atoms with E-state index in [1.54, 1.807) is 0 Å². The number of halogens is 1. The maximum atomic E-state index is 10.0. The second-order valence-electron chi connectivity index (χ2n) is 1.71. The average molecular weight is 155 g/mol. The van der Waals surface area contributed by atoms with Crippen molar-refractivity contribution in [1.29, 1.82) is 0 Å². The highest BCUT2D eigenvalue weighted by molar-refractivity contribution is 5.85. The van der Waals surface area contributed by atoms with E-state index >= 15 is 0 Å². The number of hydrogen-bond acceptors (Lipinski definition) is 3. The molecule has 5 heteroatoms. The molecule has 0 aromatic heterocycles. The third-order valence-corrected chi connectivity index (χ3v) is 0.790. The van der Waals surface area contributed by atoms with Gasteiger partial charge in [0.25, 0.3) is 0 Å². The van der Waals surface area contributed by atoms with Gasteiger partial charge in [-0.05, 0) is 6.92 Å². The van der Waals surface area contributed by atoms with E-state index in [1.165, 1.54) is 6.92 Å². The van der Waals surface area contributed by atoms with E-state index in [4.69, 9.17) is 10.8 Å². The number of amides is 1. The lowest BCUT2D eigenvalue weighted by Gasteiger charge is -2.08. The van der Waals surface area contributed by atoms with Crippen molar-refractivity contribution in [2.45, 2.75) is 19.1 Å². The molecule has 0 saturated heterocycles. The van der Waals surface area contributed by atoms with Crippen molar-refractivity contribution < 1.29 is 9.90 Å². The summed E-state index contributed by atoms with van der Waals surface area (Å²) in [5, 5.41) is 8.60. The van der Waals surface area contributed by atoms with Gasteiger partial charge in [0, 0.05) is 6.04 Å². The first kappa shape index (κ1) is 11.5. The quantitative estimate of drug-likeness (QED) is 0.457. The van der Waals surface area contributed by atoms with E-state index in [1.807, 2.05) is 0 Å². The van der Waals surface area contributed by atoms with Crippen LogP contribution in [0.4, 0.5) is 0 Å². The van der Waals surface area contributed by atoms with Crippen molar-refractivity contribution >= 4 is 18.3 Å². The van der Waals surface area contributed by atoms with E-state index in [-0.39, 0.29) is 12.4 Å². The maximum absolute atomic E-state index is 10.0. The van der Waals surface area contributed by atoms with Crippen molar-refractivity contribution in [2.24, 2.45) is 11.5 Å². The predicted molar refractivity (Wildman–Crippen MR) is 36.1 cm³/mol. The molecular formula is C4H11ClN2O2. The van der Waals surface area contributed by atoms with Gasteiger partial charge in [-0.1, -0.05) is 0 Å². The first-order chi connectivity index (χ1) is 3.55. The van der Waals surface area contributed by atoms with E-state index < -0.39 is 18.1 Å². The summed E-state index contributed by atoms with van der Waals surface area (Å²) in [5.74, 6) is -0.778. The molecule has 0 bridgehead atoms. The standard InChI is InChI=1S/C4H10N2O2.ClH/c1-2(5)3(7)4(6)8;/h2-3,7H,5H2,1H3,(H2,6,8);1H. The van der Waals surface area contributed by atoms with E-state index in [0.717, 1.165) is 0 Å². The van der Waals surface area contributed by atoms with Crippen LogP contribution >= 0.6 is 12.4 Å². The Morgan fingerprint density at radius 2 is 2.00 bits per heavy atom. The van der Waals surface area contributed by atoms with Gasteiger partial charge in [-0.2, -0.15) is 0 Å². The van der Waals surface area contributed by atoms with Gasteiger partial charge in [-0.15, -0.1) is 12.4 Å². The molecule has 5 N–H and O–H groups in total. The third kappa shape index (κ3) is 4.20.